The summed E-state index contributed by atoms with van der Waals surface area (Å²) in [6, 6.07) is 42.1. The van der Waals surface area contributed by atoms with Gasteiger partial charge in [-0.25, -0.2) is 51.4 Å². The van der Waals surface area contributed by atoms with E-state index in [2.05, 4.69) is 166 Å². The summed E-state index contributed by atoms with van der Waals surface area (Å²) < 4.78 is 28.8. The first-order valence-corrected chi connectivity index (χ1v) is 41.8. The Kier molecular flexibility index (Phi) is 52.3. The second-order valence-electron chi connectivity index (χ2n) is 32.3. The summed E-state index contributed by atoms with van der Waals surface area (Å²) in [4.78, 5) is 104. The average molecular weight is 1730 g/mol. The van der Waals surface area contributed by atoms with Crippen LogP contribution < -0.4 is 4.74 Å². The third kappa shape index (κ3) is 37.4. The first-order chi connectivity index (χ1) is 58.9. The van der Waals surface area contributed by atoms with E-state index in [0.717, 1.165) is 79.9 Å². The Morgan fingerprint density at radius 2 is 0.786 bits per heavy atom. The van der Waals surface area contributed by atoms with Gasteiger partial charge in [-0.15, -0.1) is 13.2 Å². The third-order valence-corrected chi connectivity index (χ3v) is 20.5. The largest absolute Gasteiger partial charge is 0.496 e. The highest BCUT2D eigenvalue weighted by Crippen LogP contribution is 2.41. The maximum absolute atomic E-state index is 13.4. The molecule has 2 N–H and O–H groups in total. The van der Waals surface area contributed by atoms with E-state index in [4.69, 9.17) is 40.5 Å². The minimum Gasteiger partial charge on any atom is -0.496 e. The number of carbonyl (C=O) groups is 6. The van der Waals surface area contributed by atoms with Crippen molar-refractivity contribution in [1.29, 1.82) is 0 Å². The molecule has 0 saturated heterocycles. The molecule has 0 aliphatic heterocycles. The van der Waals surface area contributed by atoms with Crippen LogP contribution in [-0.4, -0.2) is 212 Å². The molecule has 0 bridgehead atoms. The van der Waals surface area contributed by atoms with E-state index in [-0.39, 0.29) is 119 Å². The number of aromatic nitrogens is 6. The van der Waals surface area contributed by atoms with Gasteiger partial charge in [0.15, 0.2) is 34.5 Å². The number of aryl methyl sites for hydroxylation is 6. The van der Waals surface area contributed by atoms with E-state index in [9.17, 15) is 28.8 Å². The van der Waals surface area contributed by atoms with Crippen molar-refractivity contribution in [2.45, 2.75) is 163 Å². The number of hydrogen-bond acceptors (Lipinski definition) is 17. The summed E-state index contributed by atoms with van der Waals surface area (Å²) >= 11 is 0. The van der Waals surface area contributed by atoms with Gasteiger partial charge in [-0.05, 0) is 182 Å². The molecule has 9 aromatic rings. The first-order valence-electron chi connectivity index (χ1n) is 41.8. The highest BCUT2D eigenvalue weighted by Gasteiger charge is 2.39. The quantitative estimate of drug-likeness (QED) is 0.0199. The second-order valence-corrected chi connectivity index (χ2v) is 32.3. The minimum absolute atomic E-state index is 0. The van der Waals surface area contributed by atoms with Crippen molar-refractivity contribution >= 4 is 58.1 Å². The number of ketones is 2. The van der Waals surface area contributed by atoms with Crippen LogP contribution in [0.5, 0.6) is 5.75 Å². The number of esters is 4. The molecular weight excluding hydrogens is 1590 g/mol. The SMILES string of the molecule is C.C.C=CCN(C)CC=C.CN(C)C.COC(=O)CCN(C)CCC(=O)OC.COc1ccccc1C.Cc1ccccc1.Cc1ccccc1C.[C-]#[N+]CCN(C)CC[N+]#[C-].[C-]#[N+]c1c(C(=O)OC2C(C)CC(C)CC2C)c2nc(-c3ccc(C)cc3)[nH]n2c1C(C)=O.[C-]#[N+]c1c(C(=O)OC2C(C)CC(C)CC2C)c2nc(-c3ccc(C)cc3)[nH]n2c1C(C)=O. The molecule has 126 heavy (non-hydrogen) atoms. The molecule has 4 atom stereocenters. The lowest BCUT2D eigenvalue weighted by molar-refractivity contribution is -0.141. The summed E-state index contributed by atoms with van der Waals surface area (Å²) in [5.41, 5.74) is 9.90. The van der Waals surface area contributed by atoms with Crippen LogP contribution in [0.1, 0.15) is 184 Å². The molecule has 25 heteroatoms. The molecule has 0 amide bonds. The highest BCUT2D eigenvalue weighted by atomic mass is 16.6. The van der Waals surface area contributed by atoms with Gasteiger partial charge in [-0.1, -0.05) is 207 Å². The number of nitrogens with zero attached hydrogens (tertiary/aromatic N) is 12. The van der Waals surface area contributed by atoms with Crippen molar-refractivity contribution in [3.8, 4) is 28.5 Å². The van der Waals surface area contributed by atoms with Crippen molar-refractivity contribution in [3.63, 3.8) is 0 Å². The van der Waals surface area contributed by atoms with Crippen molar-refractivity contribution in [2.75, 3.05) is 116 Å². The number of rotatable bonds is 23. The lowest BCUT2D eigenvalue weighted by Crippen LogP contribution is -2.37. The third-order valence-electron chi connectivity index (χ3n) is 20.5. The Morgan fingerprint density at radius 1 is 0.468 bits per heavy atom. The van der Waals surface area contributed by atoms with Gasteiger partial charge in [0.2, 0.25) is 24.5 Å². The number of fused-ring (bicyclic) bond motifs is 2. The van der Waals surface area contributed by atoms with Crippen molar-refractivity contribution < 1.29 is 52.5 Å². The molecule has 2 aliphatic carbocycles. The predicted molar refractivity (Wildman–Crippen MR) is 511 cm³/mol. The van der Waals surface area contributed by atoms with E-state index in [1.54, 1.807) is 7.11 Å². The zero-order valence-electron chi connectivity index (χ0n) is 77.6. The van der Waals surface area contributed by atoms with Gasteiger partial charge in [0.1, 0.15) is 40.5 Å². The smallest absolute Gasteiger partial charge is 0.331 e. The van der Waals surface area contributed by atoms with E-state index in [1.807, 2.05) is 181 Å². The number of H-pyrrole nitrogens is 2. The molecule has 4 heterocycles. The number of benzene rings is 5. The molecule has 0 radical (unpaired) electrons. The molecule has 2 aliphatic rings. The fraction of sp³-hybridized carbons (Fsp3) is 0.465. The monoisotopic (exact) mass is 1730 g/mol. The van der Waals surface area contributed by atoms with E-state index in [0.29, 0.717) is 62.5 Å². The second kappa shape index (κ2) is 58.9. The van der Waals surface area contributed by atoms with Crippen LogP contribution in [0.2, 0.25) is 0 Å². The van der Waals surface area contributed by atoms with Gasteiger partial charge >= 0.3 is 23.9 Å². The topological polar surface area (TPSA) is 245 Å². The van der Waals surface area contributed by atoms with Crippen LogP contribution in [-0.2, 0) is 28.5 Å². The Bertz CT molecular complexity index is 4720. The summed E-state index contributed by atoms with van der Waals surface area (Å²) in [5, 5.41) is 6.18. The number of Topliss-reactive ketones (excluding diaryl/α,β-unsaturated/α-hetero) is 2. The van der Waals surface area contributed by atoms with Gasteiger partial charge in [-0.3, -0.25) is 39.2 Å². The number of methoxy groups -OCH3 is 3. The van der Waals surface area contributed by atoms with E-state index < -0.39 is 11.9 Å². The summed E-state index contributed by atoms with van der Waals surface area (Å²) in [7, 11) is 16.2. The molecule has 25 nitrogen and oxygen atoms in total. The molecule has 682 valence electrons. The van der Waals surface area contributed by atoms with Crippen LogP contribution in [0.4, 0.5) is 11.4 Å². The number of ether oxygens (including phenoxy) is 5. The lowest BCUT2D eigenvalue weighted by Gasteiger charge is -2.37. The first kappa shape index (κ1) is 112. The van der Waals surface area contributed by atoms with Gasteiger partial charge in [0, 0.05) is 37.3 Å². The van der Waals surface area contributed by atoms with Crippen LogP contribution in [0, 0.1) is 103 Å². The Hall–Kier alpha value is -12.1. The molecule has 5 aromatic carbocycles. The molecule has 0 spiro atoms. The molecule has 11 rings (SSSR count). The number of likely N-dealkylation sites (N-methyl/N-ethyl adjacent to an activating group) is 2. The number of aromatic amines is 2. The van der Waals surface area contributed by atoms with Crippen molar-refractivity contribution in [3.05, 3.63) is 254 Å². The van der Waals surface area contributed by atoms with E-state index >= 15 is 0 Å². The fourth-order valence-corrected chi connectivity index (χ4v) is 14.1. The van der Waals surface area contributed by atoms with Crippen molar-refractivity contribution in [2.24, 2.45) is 35.5 Å². The Balaban J connectivity index is 0.000000772. The molecule has 2 saturated carbocycles. The maximum atomic E-state index is 13.4. The number of hydrogen-bond donors (Lipinski definition) is 2. The van der Waals surface area contributed by atoms with E-state index in [1.165, 1.54) is 59.4 Å². The Morgan fingerprint density at radius 3 is 1.06 bits per heavy atom. The minimum atomic E-state index is -0.596. The average Bonchev–Trinajstić information content (AvgIpc) is 1.59. The summed E-state index contributed by atoms with van der Waals surface area (Å²) in [6.45, 7) is 69.2. The van der Waals surface area contributed by atoms with Crippen molar-refractivity contribution in [1.82, 2.24) is 48.8 Å². The van der Waals surface area contributed by atoms with Gasteiger partial charge in [-0.2, -0.15) is 0 Å². The van der Waals surface area contributed by atoms with Crippen LogP contribution in [0.25, 0.3) is 53.5 Å². The molecule has 4 aromatic heterocycles. The highest BCUT2D eigenvalue weighted by molar-refractivity contribution is 6.12. The predicted octanol–water partition coefficient (Wildman–Crippen LogP) is 21.1. The summed E-state index contributed by atoms with van der Waals surface area (Å²) in [6.07, 6.45) is 7.93. The van der Waals surface area contributed by atoms with Gasteiger partial charge < -0.3 is 43.2 Å². The number of carbonyl (C=O) groups excluding carboxylic acids is 6. The molecule has 2 fully saturated rings. The van der Waals surface area contributed by atoms with Gasteiger partial charge in [0.25, 0.3) is 0 Å². The number of nitrogens with one attached hydrogen (secondary N) is 2. The molecule has 4 unspecified atom stereocenters. The maximum Gasteiger partial charge on any atom is 0.331 e. The van der Waals surface area contributed by atoms with Crippen LogP contribution >= 0.6 is 0 Å². The van der Waals surface area contributed by atoms with Crippen LogP contribution in [0.15, 0.2) is 153 Å². The zero-order chi connectivity index (χ0) is 92.9. The zero-order valence-corrected chi connectivity index (χ0v) is 77.6. The summed E-state index contributed by atoms with van der Waals surface area (Å²) in [5.74, 6) is 1.74. The van der Waals surface area contributed by atoms with Gasteiger partial charge in [0.05, 0.1) is 60.4 Å². The van der Waals surface area contributed by atoms with Crippen LogP contribution in [0.3, 0.4) is 0 Å². The standard InChI is InChI=1S/2C25H28N4O3.C9H17NO4.C8H10O.C8H10.C7H11N3.C7H13N.C7H8.C3H9N.2CH4/c2*1-13-7-9-18(10-8-13)23-27-24-19(20(26-6)21(17(5)30)29(24)28-23)25(31)32-22-15(3)11-14(2)12-16(22)4;1-10(6-4-8(11)13-2)7-5-9(12)14-3;1-7-5-3-4-6-8(7)9-2;1-7-5-3-4-6-8(7)2;1-8-4-6-10(3)7-5-9-2;1-4-6-8(3)7-5-2;1-7-5-3-2-4-6-7;1-4(2)3;;/h2*7-10,14-16,22H,11-12H2,1-5H3,(H,27,28);4-7H2,1-3H3;3-6H,1-2H3;3-6H,1-2H3;4-7H2,3H3;4-5H,1-2,6-7H2,3H3;2-6H,1H3;1-3H3;2*1H4. The lowest BCUT2D eigenvalue weighted by atomic mass is 9.75. The molecular formula is C101H142N14O11. The fourth-order valence-electron chi connectivity index (χ4n) is 14.1. The normalized spacial score (nSPS) is 16.2. The number of para-hydroxylation sites is 1. The Labute approximate surface area is 752 Å².